The third-order valence-corrected chi connectivity index (χ3v) is 10.7. The molecule has 0 amide bonds. The molecule has 66 heavy (non-hydrogen) atoms. The van der Waals surface area contributed by atoms with Gasteiger partial charge >= 0.3 is 17.9 Å². The Bertz CT molecular complexity index is 1420. The number of carbonyl (C=O) groups excluding carboxylic acids is 3. The highest BCUT2D eigenvalue weighted by Gasteiger charge is 2.19. The number of hydrogen-bond acceptors (Lipinski definition) is 6. The molecule has 0 bridgehead atoms. The molecule has 0 aromatic rings. The van der Waals surface area contributed by atoms with E-state index in [0.29, 0.717) is 19.3 Å². The van der Waals surface area contributed by atoms with Crippen molar-refractivity contribution < 1.29 is 28.6 Å². The van der Waals surface area contributed by atoms with Crippen LogP contribution in [0, 0.1) is 0 Å². The van der Waals surface area contributed by atoms with Gasteiger partial charge in [0.15, 0.2) is 6.10 Å². The quantitative estimate of drug-likeness (QED) is 0.0262. The van der Waals surface area contributed by atoms with Crippen LogP contribution in [-0.4, -0.2) is 37.2 Å². The molecule has 0 unspecified atom stereocenters. The number of rotatable bonds is 46. The Labute approximate surface area is 405 Å². The Balaban J connectivity index is 4.61. The van der Waals surface area contributed by atoms with Crippen molar-refractivity contribution in [2.24, 2.45) is 0 Å². The lowest BCUT2D eigenvalue weighted by Gasteiger charge is -2.18. The minimum Gasteiger partial charge on any atom is -0.462 e. The second-order valence-electron chi connectivity index (χ2n) is 17.1. The zero-order valence-corrected chi connectivity index (χ0v) is 42.4. The van der Waals surface area contributed by atoms with Crippen LogP contribution in [0.25, 0.3) is 0 Å². The molecule has 0 fully saturated rings. The zero-order valence-electron chi connectivity index (χ0n) is 42.4. The molecule has 0 saturated carbocycles. The summed E-state index contributed by atoms with van der Waals surface area (Å²) >= 11 is 0. The Morgan fingerprint density at radius 1 is 0.303 bits per heavy atom. The average Bonchev–Trinajstić information content (AvgIpc) is 3.31. The van der Waals surface area contributed by atoms with Gasteiger partial charge in [0.25, 0.3) is 0 Å². The van der Waals surface area contributed by atoms with E-state index < -0.39 is 6.10 Å². The van der Waals surface area contributed by atoms with E-state index in [1.165, 1.54) is 70.6 Å². The van der Waals surface area contributed by atoms with E-state index in [4.69, 9.17) is 14.2 Å². The molecule has 6 nitrogen and oxygen atoms in total. The van der Waals surface area contributed by atoms with Gasteiger partial charge < -0.3 is 14.2 Å². The van der Waals surface area contributed by atoms with Crippen molar-refractivity contribution in [1.82, 2.24) is 0 Å². The number of carbonyl (C=O) groups is 3. The van der Waals surface area contributed by atoms with Crippen LogP contribution in [0.1, 0.15) is 220 Å². The average molecular weight is 913 g/mol. The van der Waals surface area contributed by atoms with Gasteiger partial charge in [-0.3, -0.25) is 14.4 Å². The molecule has 0 radical (unpaired) electrons. The predicted molar refractivity (Wildman–Crippen MR) is 283 cm³/mol. The fourth-order valence-electron chi connectivity index (χ4n) is 6.62. The molecule has 6 heteroatoms. The standard InChI is InChI=1S/C60H96O6/c1-4-7-10-13-16-19-22-25-28-30-32-35-38-41-44-47-50-53-59(62)65-56-57(55-64-58(61)52-49-46-43-40-37-34-27-24-21-18-15-12-9-6-3)66-60(63)54-51-48-45-42-39-36-33-31-29-26-23-20-17-14-11-8-5-2/h15-20,24-29,32-33,35-36,41-42,44-45,57H,4-14,21-23,30-31,34,37-40,43,46-56H2,1-3H3/b18-15+,19-16+,20-17+,27-24+,28-25+,29-26+,35-32+,36-33+,44-41+,45-42+/t57-/m1/s1. The highest BCUT2D eigenvalue weighted by Crippen LogP contribution is 2.11. The van der Waals surface area contributed by atoms with Gasteiger partial charge in [0, 0.05) is 19.3 Å². The summed E-state index contributed by atoms with van der Waals surface area (Å²) in [5.41, 5.74) is 0. The Kier molecular flexibility index (Phi) is 50.0. The fraction of sp³-hybridized carbons (Fsp3) is 0.617. The van der Waals surface area contributed by atoms with Gasteiger partial charge in [-0.05, 0) is 122 Å². The van der Waals surface area contributed by atoms with Crippen molar-refractivity contribution in [3.05, 3.63) is 122 Å². The molecule has 0 saturated heterocycles. The lowest BCUT2D eigenvalue weighted by Crippen LogP contribution is -2.30. The van der Waals surface area contributed by atoms with Gasteiger partial charge in [0.1, 0.15) is 13.2 Å². The zero-order chi connectivity index (χ0) is 47.9. The molecule has 1 atom stereocenters. The molecule has 0 aliphatic heterocycles. The second-order valence-corrected chi connectivity index (χ2v) is 17.1. The summed E-state index contributed by atoms with van der Waals surface area (Å²) < 4.78 is 16.7. The maximum atomic E-state index is 12.8. The van der Waals surface area contributed by atoms with Crippen LogP contribution in [0.3, 0.4) is 0 Å². The summed E-state index contributed by atoms with van der Waals surface area (Å²) in [4.78, 5) is 38.0. The number of hydrogen-bond donors (Lipinski definition) is 0. The van der Waals surface area contributed by atoms with Crippen molar-refractivity contribution in [3.63, 3.8) is 0 Å². The number of unbranched alkanes of at least 4 members (excludes halogenated alkanes) is 15. The highest BCUT2D eigenvalue weighted by atomic mass is 16.6. The minimum atomic E-state index is -0.838. The molecule has 0 heterocycles. The Morgan fingerprint density at radius 3 is 0.955 bits per heavy atom. The summed E-state index contributed by atoms with van der Waals surface area (Å²) in [6, 6.07) is 0. The van der Waals surface area contributed by atoms with Gasteiger partial charge in [-0.1, -0.05) is 200 Å². The first-order valence-electron chi connectivity index (χ1n) is 26.5. The van der Waals surface area contributed by atoms with E-state index in [1.807, 2.05) is 0 Å². The molecule has 0 aliphatic carbocycles. The Morgan fingerprint density at radius 2 is 0.576 bits per heavy atom. The van der Waals surface area contributed by atoms with E-state index in [2.05, 4.69) is 142 Å². The molecule has 0 aromatic carbocycles. The van der Waals surface area contributed by atoms with Crippen LogP contribution in [0.4, 0.5) is 0 Å². The number of allylic oxidation sites excluding steroid dienone is 20. The maximum Gasteiger partial charge on any atom is 0.306 e. The SMILES string of the molecule is CCCC/C=C/C/C=C/CCCCCCCC(=O)OC[C@H](COC(=O)CCC/C=C/C/C=C/C/C=C/C/C=C/CCCCC)OC(=O)CCC/C=C/C/C=C/C/C=C/C/C=C/CCCCC. The summed E-state index contributed by atoms with van der Waals surface area (Å²) in [6.07, 6.45) is 73.3. The first kappa shape index (κ1) is 61.8. The van der Waals surface area contributed by atoms with Crippen LogP contribution in [0.15, 0.2) is 122 Å². The van der Waals surface area contributed by atoms with E-state index >= 15 is 0 Å². The smallest absolute Gasteiger partial charge is 0.306 e. The number of ether oxygens (including phenoxy) is 3. The van der Waals surface area contributed by atoms with Crippen molar-refractivity contribution in [2.45, 2.75) is 226 Å². The molecular formula is C60H96O6. The molecule has 0 spiro atoms. The lowest BCUT2D eigenvalue weighted by molar-refractivity contribution is -0.167. The van der Waals surface area contributed by atoms with E-state index in [0.717, 1.165) is 96.3 Å². The van der Waals surface area contributed by atoms with Crippen molar-refractivity contribution in [1.29, 1.82) is 0 Å². The van der Waals surface area contributed by atoms with Crippen LogP contribution in [-0.2, 0) is 28.6 Å². The topological polar surface area (TPSA) is 78.9 Å². The molecule has 0 aliphatic rings. The third-order valence-electron chi connectivity index (χ3n) is 10.7. The predicted octanol–water partition coefficient (Wildman–Crippen LogP) is 17.7. The molecule has 0 rings (SSSR count). The van der Waals surface area contributed by atoms with Crippen molar-refractivity contribution in [3.8, 4) is 0 Å². The van der Waals surface area contributed by atoms with Gasteiger partial charge in [0.05, 0.1) is 0 Å². The normalized spacial score (nSPS) is 13.1. The third kappa shape index (κ3) is 50.8. The van der Waals surface area contributed by atoms with Crippen molar-refractivity contribution in [2.75, 3.05) is 13.2 Å². The molecule has 0 N–H and O–H groups in total. The fourth-order valence-corrected chi connectivity index (χ4v) is 6.62. The molecule has 0 aromatic heterocycles. The summed E-state index contributed by atoms with van der Waals surface area (Å²) in [7, 11) is 0. The van der Waals surface area contributed by atoms with Crippen LogP contribution < -0.4 is 0 Å². The lowest BCUT2D eigenvalue weighted by atomic mass is 10.1. The first-order valence-corrected chi connectivity index (χ1v) is 26.5. The van der Waals surface area contributed by atoms with Gasteiger partial charge in [0.2, 0.25) is 0 Å². The van der Waals surface area contributed by atoms with Crippen molar-refractivity contribution >= 4 is 17.9 Å². The maximum absolute atomic E-state index is 12.8. The van der Waals surface area contributed by atoms with Crippen LogP contribution in [0.2, 0.25) is 0 Å². The van der Waals surface area contributed by atoms with Gasteiger partial charge in [-0.15, -0.1) is 0 Å². The number of esters is 3. The van der Waals surface area contributed by atoms with Crippen LogP contribution >= 0.6 is 0 Å². The summed E-state index contributed by atoms with van der Waals surface area (Å²) in [6.45, 7) is 6.42. The Hall–Kier alpha value is -4.19. The van der Waals surface area contributed by atoms with Crippen LogP contribution in [0.5, 0.6) is 0 Å². The summed E-state index contributed by atoms with van der Waals surface area (Å²) in [5, 5.41) is 0. The van der Waals surface area contributed by atoms with E-state index in [9.17, 15) is 14.4 Å². The van der Waals surface area contributed by atoms with E-state index in [1.54, 1.807) is 0 Å². The van der Waals surface area contributed by atoms with Gasteiger partial charge in [-0.2, -0.15) is 0 Å². The summed E-state index contributed by atoms with van der Waals surface area (Å²) in [5.74, 6) is -1.06. The first-order chi connectivity index (χ1) is 32.5. The largest absolute Gasteiger partial charge is 0.462 e. The molecular weight excluding hydrogens is 817 g/mol. The van der Waals surface area contributed by atoms with E-state index in [-0.39, 0.29) is 44.0 Å². The van der Waals surface area contributed by atoms with Gasteiger partial charge in [-0.25, -0.2) is 0 Å². The minimum absolute atomic E-state index is 0.128. The molecule has 372 valence electrons. The monoisotopic (exact) mass is 913 g/mol. The second kappa shape index (κ2) is 53.4. The highest BCUT2D eigenvalue weighted by molar-refractivity contribution is 5.71.